The predicted molar refractivity (Wildman–Crippen MR) is 68.7 cm³/mol. The molecule has 2 heteroatoms. The van der Waals surface area contributed by atoms with Crippen molar-refractivity contribution in [2.45, 2.75) is 63.0 Å². The smallest absolute Gasteiger partial charge is 0.155 e. The molecule has 0 N–H and O–H groups in total. The largest absolute Gasteiger partial charge is 0.237 e. The predicted octanol–water partition coefficient (Wildman–Crippen LogP) is 4.15. The van der Waals surface area contributed by atoms with Gasteiger partial charge in [0, 0.05) is 12.3 Å². The number of fused-ring (bicyclic) bond motifs is 2. The molecule has 0 spiro atoms. The molecule has 82 valence electrons. The lowest BCUT2D eigenvalue weighted by Gasteiger charge is -2.37. The average Bonchev–Trinajstić information content (AvgIpc) is 2.24. The van der Waals surface area contributed by atoms with Crippen molar-refractivity contribution in [2.24, 2.45) is 0 Å². The topological polar surface area (TPSA) is 0 Å². The third kappa shape index (κ3) is 2.94. The van der Waals surface area contributed by atoms with Gasteiger partial charge >= 0.3 is 0 Å². The Morgan fingerprint density at radius 1 is 1.07 bits per heavy atom. The molecule has 0 aromatic rings. The van der Waals surface area contributed by atoms with Crippen molar-refractivity contribution in [3.63, 3.8) is 0 Å². The van der Waals surface area contributed by atoms with Gasteiger partial charge in [0.15, 0.2) is 0 Å². The molecule has 0 amide bonds. The standard InChI is InChI=1S/C13H20BCl/c15-11-3-1-2-10-14-12-6-4-7-13(14)9-5-8-12/h12-13H,1,3-9,11H2. The minimum atomic E-state index is 0.739. The van der Waals surface area contributed by atoms with Crippen LogP contribution in [0.1, 0.15) is 51.4 Å². The highest BCUT2D eigenvalue weighted by atomic mass is 35.5. The van der Waals surface area contributed by atoms with Gasteiger partial charge in [-0.15, -0.1) is 17.5 Å². The third-order valence-corrected chi connectivity index (χ3v) is 4.29. The van der Waals surface area contributed by atoms with Gasteiger partial charge in [0.25, 0.3) is 0 Å². The third-order valence-electron chi connectivity index (χ3n) is 4.02. The van der Waals surface area contributed by atoms with E-state index in [1.165, 1.54) is 38.5 Å². The van der Waals surface area contributed by atoms with Crippen LogP contribution in [-0.2, 0) is 0 Å². The zero-order chi connectivity index (χ0) is 10.5. The van der Waals surface area contributed by atoms with Gasteiger partial charge < -0.3 is 0 Å². The molecule has 0 atom stereocenters. The van der Waals surface area contributed by atoms with Gasteiger partial charge in [-0.05, 0) is 18.1 Å². The summed E-state index contributed by atoms with van der Waals surface area (Å²) >= 11 is 5.65. The van der Waals surface area contributed by atoms with Gasteiger partial charge in [-0.25, -0.2) is 0 Å². The summed E-state index contributed by atoms with van der Waals surface area (Å²) in [6.45, 7) is 0.739. The number of rotatable bonds is 2. The molecule has 2 heterocycles. The Labute approximate surface area is 99.2 Å². The summed E-state index contributed by atoms with van der Waals surface area (Å²) in [5.74, 6) is 9.52. The number of hydrogen-bond donors (Lipinski definition) is 0. The molecule has 0 aromatic heterocycles. The number of unbranched alkanes of at least 4 members (excludes halogenated alkanes) is 1. The summed E-state index contributed by atoms with van der Waals surface area (Å²) in [7, 11) is 0. The first-order valence-corrected chi connectivity index (χ1v) is 6.99. The Balaban J connectivity index is 1.90. The molecule has 2 saturated heterocycles. The van der Waals surface area contributed by atoms with E-state index in [-0.39, 0.29) is 0 Å². The Morgan fingerprint density at radius 2 is 1.67 bits per heavy atom. The van der Waals surface area contributed by atoms with Gasteiger partial charge in [-0.2, -0.15) is 5.82 Å². The van der Waals surface area contributed by atoms with Crippen LogP contribution in [-0.4, -0.2) is 12.6 Å². The van der Waals surface area contributed by atoms with Gasteiger partial charge in [-0.3, -0.25) is 0 Å². The van der Waals surface area contributed by atoms with Crippen molar-refractivity contribution in [3.05, 3.63) is 0 Å². The number of alkyl halides is 1. The van der Waals surface area contributed by atoms with Crippen molar-refractivity contribution >= 4 is 18.3 Å². The lowest BCUT2D eigenvalue weighted by Crippen LogP contribution is -2.33. The van der Waals surface area contributed by atoms with Gasteiger partial charge in [0.1, 0.15) is 0 Å². The fourth-order valence-corrected chi connectivity index (χ4v) is 3.39. The number of hydrogen-bond acceptors (Lipinski definition) is 0. The monoisotopic (exact) mass is 222 g/mol. The lowest BCUT2D eigenvalue weighted by molar-refractivity contribution is 0.448. The van der Waals surface area contributed by atoms with Crippen LogP contribution < -0.4 is 0 Å². The average molecular weight is 223 g/mol. The Kier molecular flexibility index (Phi) is 4.45. The molecule has 2 aliphatic heterocycles. The highest BCUT2D eigenvalue weighted by Crippen LogP contribution is 2.45. The number of halogens is 1. The van der Waals surface area contributed by atoms with Gasteiger partial charge in [0.05, 0.1) is 0 Å². The molecule has 0 unspecified atom stereocenters. The summed E-state index contributed by atoms with van der Waals surface area (Å²) < 4.78 is 0. The van der Waals surface area contributed by atoms with E-state index in [1.54, 1.807) is 0 Å². The fourth-order valence-electron chi connectivity index (χ4n) is 3.26. The maximum absolute atomic E-state index is 5.65. The Morgan fingerprint density at radius 3 is 2.20 bits per heavy atom. The van der Waals surface area contributed by atoms with Gasteiger partial charge in [-0.1, -0.05) is 38.5 Å². The van der Waals surface area contributed by atoms with Crippen molar-refractivity contribution in [1.82, 2.24) is 0 Å². The van der Waals surface area contributed by atoms with E-state index in [0.29, 0.717) is 0 Å². The van der Waals surface area contributed by atoms with Crippen LogP contribution in [0.3, 0.4) is 0 Å². The normalized spacial score (nSPS) is 29.5. The molecular formula is C13H20BCl. The molecule has 0 aromatic carbocycles. The molecule has 0 radical (unpaired) electrons. The van der Waals surface area contributed by atoms with Crippen molar-refractivity contribution in [2.75, 3.05) is 5.88 Å². The van der Waals surface area contributed by atoms with E-state index in [2.05, 4.69) is 11.7 Å². The molecule has 0 saturated carbocycles. The van der Waals surface area contributed by atoms with Crippen LogP contribution in [0, 0.1) is 11.7 Å². The molecule has 2 bridgehead atoms. The quantitative estimate of drug-likeness (QED) is 0.285. The molecule has 0 nitrogen and oxygen atoms in total. The molecule has 15 heavy (non-hydrogen) atoms. The van der Waals surface area contributed by atoms with Crippen LogP contribution in [0.2, 0.25) is 11.6 Å². The molecule has 2 aliphatic rings. The summed E-state index contributed by atoms with van der Waals surface area (Å²) in [6.07, 6.45) is 10.7. The zero-order valence-electron chi connectivity index (χ0n) is 9.47. The van der Waals surface area contributed by atoms with Crippen molar-refractivity contribution in [1.29, 1.82) is 0 Å². The van der Waals surface area contributed by atoms with Crippen LogP contribution in [0.15, 0.2) is 0 Å². The van der Waals surface area contributed by atoms with E-state index in [9.17, 15) is 0 Å². The van der Waals surface area contributed by atoms with Crippen molar-refractivity contribution in [3.8, 4) is 11.7 Å². The summed E-state index contributed by atoms with van der Waals surface area (Å²) in [5.41, 5.74) is 0. The first-order chi connectivity index (χ1) is 7.42. The first-order valence-electron chi connectivity index (χ1n) is 6.46. The maximum atomic E-state index is 5.65. The first kappa shape index (κ1) is 11.4. The van der Waals surface area contributed by atoms with E-state index in [0.717, 1.165) is 37.1 Å². The summed E-state index contributed by atoms with van der Waals surface area (Å²) in [6, 6.07) is 0. The molecule has 2 fully saturated rings. The minimum absolute atomic E-state index is 0.739. The van der Waals surface area contributed by atoms with E-state index in [1.807, 2.05) is 0 Å². The second-order valence-corrected chi connectivity index (χ2v) is 5.40. The van der Waals surface area contributed by atoms with Gasteiger partial charge in [0.2, 0.25) is 6.71 Å². The van der Waals surface area contributed by atoms with E-state index < -0.39 is 0 Å². The fraction of sp³-hybridized carbons (Fsp3) is 0.846. The highest BCUT2D eigenvalue weighted by molar-refractivity contribution is 6.70. The maximum Gasteiger partial charge on any atom is 0.237 e. The van der Waals surface area contributed by atoms with E-state index in [4.69, 9.17) is 11.6 Å². The molecule has 2 rings (SSSR count). The van der Waals surface area contributed by atoms with Crippen LogP contribution >= 0.6 is 11.6 Å². The van der Waals surface area contributed by atoms with Crippen LogP contribution in [0.4, 0.5) is 0 Å². The molecular weight excluding hydrogens is 202 g/mol. The van der Waals surface area contributed by atoms with E-state index >= 15 is 0 Å². The second-order valence-electron chi connectivity index (χ2n) is 5.02. The molecule has 0 aliphatic carbocycles. The zero-order valence-corrected chi connectivity index (χ0v) is 10.2. The lowest BCUT2D eigenvalue weighted by atomic mass is 9.28. The second kappa shape index (κ2) is 5.85. The van der Waals surface area contributed by atoms with Crippen LogP contribution in [0.25, 0.3) is 0 Å². The highest BCUT2D eigenvalue weighted by Gasteiger charge is 2.38. The summed E-state index contributed by atoms with van der Waals surface area (Å²) in [5, 5.41) is 0. The van der Waals surface area contributed by atoms with Crippen LogP contribution in [0.5, 0.6) is 0 Å². The minimum Gasteiger partial charge on any atom is -0.155 e. The summed E-state index contributed by atoms with van der Waals surface area (Å²) in [4.78, 5) is 0. The Bertz CT molecular complexity index is 231. The van der Waals surface area contributed by atoms with Crippen molar-refractivity contribution < 1.29 is 0 Å². The SMILES string of the molecule is ClCCCC#CB1C2CCCC1CCC2. The Hall–Kier alpha value is -0.0851.